The molecule has 2 aliphatic heterocycles. The van der Waals surface area contributed by atoms with Crippen molar-refractivity contribution in [2.45, 2.75) is 52.4 Å². The molecule has 2 aromatic rings. The zero-order valence-electron chi connectivity index (χ0n) is 23.9. The third-order valence-corrected chi connectivity index (χ3v) is 7.16. The summed E-state index contributed by atoms with van der Waals surface area (Å²) < 4.78 is 28.3. The summed E-state index contributed by atoms with van der Waals surface area (Å²) in [6, 6.07) is 11.1. The number of hydrogen-bond donors (Lipinski definition) is 0. The zero-order chi connectivity index (χ0) is 29.0. The molecule has 40 heavy (non-hydrogen) atoms. The zero-order valence-corrected chi connectivity index (χ0v) is 23.9. The van der Waals surface area contributed by atoms with Gasteiger partial charge in [-0.1, -0.05) is 31.4 Å². The van der Waals surface area contributed by atoms with E-state index in [1.807, 2.05) is 45.0 Å². The Labute approximate surface area is 236 Å². The van der Waals surface area contributed by atoms with Gasteiger partial charge >= 0.3 is 12.0 Å². The van der Waals surface area contributed by atoms with Gasteiger partial charge in [0.1, 0.15) is 23.3 Å². The average Bonchev–Trinajstić information content (AvgIpc) is 2.92. The summed E-state index contributed by atoms with van der Waals surface area (Å²) in [5.74, 6) is 0.254. The first kappa shape index (κ1) is 29.2. The first-order valence-electron chi connectivity index (χ1n) is 13.6. The van der Waals surface area contributed by atoms with E-state index in [4.69, 9.17) is 9.47 Å². The van der Waals surface area contributed by atoms with Gasteiger partial charge in [-0.2, -0.15) is 4.58 Å². The highest BCUT2D eigenvalue weighted by Crippen LogP contribution is 2.29. The maximum Gasteiger partial charge on any atom is 0.411 e. The van der Waals surface area contributed by atoms with Crippen LogP contribution in [0.15, 0.2) is 61.7 Å². The van der Waals surface area contributed by atoms with Gasteiger partial charge in [-0.25, -0.2) is 14.0 Å². The number of carbonyl (C=O) groups excluding carboxylic acids is 2. The Morgan fingerprint density at radius 2 is 1.88 bits per heavy atom. The summed E-state index contributed by atoms with van der Waals surface area (Å²) >= 11 is 0. The monoisotopic (exact) mass is 548 g/mol. The number of hydrogen-bond acceptors (Lipinski definition) is 5. The molecule has 1 unspecified atom stereocenters. The molecule has 2 amide bonds. The molecule has 4 rings (SSSR count). The van der Waals surface area contributed by atoms with E-state index in [0.29, 0.717) is 57.0 Å². The molecule has 0 radical (unpaired) electrons. The van der Waals surface area contributed by atoms with Crippen LogP contribution in [0.3, 0.4) is 0 Å². The van der Waals surface area contributed by atoms with Crippen LogP contribution in [-0.4, -0.2) is 70.4 Å². The van der Waals surface area contributed by atoms with Gasteiger partial charge in [0.2, 0.25) is 0 Å². The van der Waals surface area contributed by atoms with E-state index in [0.717, 1.165) is 22.4 Å². The Bertz CT molecular complexity index is 1340. The fourth-order valence-corrected chi connectivity index (χ4v) is 4.97. The van der Waals surface area contributed by atoms with E-state index in [1.165, 1.54) is 12.1 Å². The SMILES string of the molecule is C=CC(=O)[N+]1=C(C=C)CN(CC(Oc2ccc3c(c2)CCN(C(=O)OC(C)(C)C)C3)c2ccc(C)c(F)c2)CC1. The predicted octanol–water partition coefficient (Wildman–Crippen LogP) is 5.22. The molecule has 8 heteroatoms. The molecule has 0 aromatic heterocycles. The van der Waals surface area contributed by atoms with Gasteiger partial charge in [0, 0.05) is 25.7 Å². The second-order valence-corrected chi connectivity index (χ2v) is 11.3. The van der Waals surface area contributed by atoms with Gasteiger partial charge in [-0.05, 0) is 80.6 Å². The van der Waals surface area contributed by atoms with Crippen molar-refractivity contribution in [3.05, 3.63) is 89.8 Å². The number of fused-ring (bicyclic) bond motifs is 1. The number of rotatable bonds is 7. The van der Waals surface area contributed by atoms with Gasteiger partial charge in [0.05, 0.1) is 13.1 Å². The molecule has 212 valence electrons. The summed E-state index contributed by atoms with van der Waals surface area (Å²) in [4.78, 5) is 28.7. The molecule has 0 aliphatic carbocycles. The lowest BCUT2D eigenvalue weighted by Gasteiger charge is -2.32. The maximum absolute atomic E-state index is 14.6. The molecular formula is C32H39FN3O4+. The standard InChI is InChI=1S/C32H39FN3O4/c1-7-26-20-34(15-16-36(26)30(37)8-2)21-29(24-10-9-22(3)28(33)18-24)39-27-12-11-25-19-35(14-13-23(25)17-27)31(38)40-32(4,5)6/h7-12,17-18,29H,1-2,13-16,19-21H2,3-6H3/q+1. The third-order valence-electron chi connectivity index (χ3n) is 7.16. The molecule has 2 aliphatic rings. The Balaban J connectivity index is 1.54. The minimum Gasteiger partial charge on any atom is -0.484 e. The molecule has 0 fully saturated rings. The van der Waals surface area contributed by atoms with Gasteiger partial charge in [-0.15, -0.1) is 0 Å². The van der Waals surface area contributed by atoms with Crippen LogP contribution in [0.5, 0.6) is 5.75 Å². The molecule has 0 saturated carbocycles. The van der Waals surface area contributed by atoms with E-state index < -0.39 is 11.7 Å². The summed E-state index contributed by atoms with van der Waals surface area (Å²) in [5.41, 5.74) is 3.73. The van der Waals surface area contributed by atoms with Crippen molar-refractivity contribution < 1.29 is 28.0 Å². The van der Waals surface area contributed by atoms with E-state index in [1.54, 1.807) is 28.5 Å². The summed E-state index contributed by atoms with van der Waals surface area (Å²) in [6.45, 7) is 18.0. The molecule has 2 heterocycles. The number of halogens is 1. The number of ether oxygens (including phenoxy) is 2. The number of benzene rings is 2. The van der Waals surface area contributed by atoms with Crippen molar-refractivity contribution in [2.75, 3.05) is 32.7 Å². The Morgan fingerprint density at radius 3 is 2.55 bits per heavy atom. The largest absolute Gasteiger partial charge is 0.484 e. The summed E-state index contributed by atoms with van der Waals surface area (Å²) in [6.07, 6.45) is 2.93. The van der Waals surface area contributed by atoms with Gasteiger partial charge in [0.15, 0.2) is 12.3 Å². The van der Waals surface area contributed by atoms with Crippen molar-refractivity contribution in [3.8, 4) is 5.75 Å². The fourth-order valence-electron chi connectivity index (χ4n) is 4.97. The van der Waals surface area contributed by atoms with E-state index >= 15 is 0 Å². The lowest BCUT2D eigenvalue weighted by molar-refractivity contribution is -0.450. The van der Waals surface area contributed by atoms with Crippen LogP contribution in [0.4, 0.5) is 9.18 Å². The van der Waals surface area contributed by atoms with Crippen LogP contribution in [0, 0.1) is 12.7 Å². The smallest absolute Gasteiger partial charge is 0.411 e. The highest BCUT2D eigenvalue weighted by Gasteiger charge is 2.30. The number of amides is 2. The lowest BCUT2D eigenvalue weighted by Crippen LogP contribution is -2.47. The Morgan fingerprint density at radius 1 is 1.10 bits per heavy atom. The van der Waals surface area contributed by atoms with Crippen molar-refractivity contribution in [2.24, 2.45) is 0 Å². The van der Waals surface area contributed by atoms with Gasteiger partial charge < -0.3 is 14.4 Å². The third kappa shape index (κ3) is 7.04. The van der Waals surface area contributed by atoms with Crippen LogP contribution in [-0.2, 0) is 22.5 Å². The second kappa shape index (κ2) is 12.2. The number of carbonyl (C=O) groups is 2. The van der Waals surface area contributed by atoms with Crippen LogP contribution >= 0.6 is 0 Å². The van der Waals surface area contributed by atoms with Crippen LogP contribution in [0.1, 0.15) is 49.1 Å². The molecule has 0 bridgehead atoms. The fraction of sp³-hybridized carbons (Fsp3) is 0.406. The number of aryl methyl sites for hydroxylation is 1. The van der Waals surface area contributed by atoms with Crippen molar-refractivity contribution >= 4 is 17.7 Å². The number of nitrogens with zero attached hydrogens (tertiary/aromatic N) is 3. The minimum absolute atomic E-state index is 0.151. The van der Waals surface area contributed by atoms with Crippen LogP contribution in [0.2, 0.25) is 0 Å². The Hall–Kier alpha value is -3.78. The maximum atomic E-state index is 14.6. The molecule has 1 atom stereocenters. The molecule has 0 saturated heterocycles. The van der Waals surface area contributed by atoms with Crippen LogP contribution in [0.25, 0.3) is 0 Å². The molecule has 7 nitrogen and oxygen atoms in total. The molecule has 2 aromatic carbocycles. The topological polar surface area (TPSA) is 62.1 Å². The minimum atomic E-state index is -0.544. The van der Waals surface area contributed by atoms with Crippen molar-refractivity contribution in [3.63, 3.8) is 0 Å². The molecule has 0 N–H and O–H groups in total. The first-order valence-corrected chi connectivity index (χ1v) is 13.6. The average molecular weight is 549 g/mol. The predicted molar refractivity (Wildman–Crippen MR) is 153 cm³/mol. The highest BCUT2D eigenvalue weighted by atomic mass is 19.1. The van der Waals surface area contributed by atoms with Crippen molar-refractivity contribution in [1.82, 2.24) is 9.80 Å². The quantitative estimate of drug-likeness (QED) is 0.351. The van der Waals surface area contributed by atoms with E-state index in [-0.39, 0.29) is 17.8 Å². The lowest BCUT2D eigenvalue weighted by atomic mass is 9.99. The first-order chi connectivity index (χ1) is 19.0. The second-order valence-electron chi connectivity index (χ2n) is 11.3. The van der Waals surface area contributed by atoms with Crippen molar-refractivity contribution in [1.29, 1.82) is 0 Å². The summed E-state index contributed by atoms with van der Waals surface area (Å²) in [5, 5.41) is 0. The van der Waals surface area contributed by atoms with E-state index in [2.05, 4.69) is 18.1 Å². The summed E-state index contributed by atoms with van der Waals surface area (Å²) in [7, 11) is 0. The Kier molecular flexibility index (Phi) is 8.88. The normalized spacial score (nSPS) is 16.7. The molecular weight excluding hydrogens is 509 g/mol. The van der Waals surface area contributed by atoms with Gasteiger partial charge in [0.25, 0.3) is 0 Å². The van der Waals surface area contributed by atoms with E-state index in [9.17, 15) is 14.0 Å². The highest BCUT2D eigenvalue weighted by molar-refractivity contribution is 5.97. The van der Waals surface area contributed by atoms with Gasteiger partial charge in [-0.3, -0.25) is 4.90 Å². The molecule has 0 spiro atoms. The van der Waals surface area contributed by atoms with Crippen LogP contribution < -0.4 is 4.74 Å².